The Labute approximate surface area is 488 Å². The van der Waals surface area contributed by atoms with E-state index in [1.807, 2.05) is 91.6 Å². The van der Waals surface area contributed by atoms with Gasteiger partial charge >= 0.3 is 12.2 Å². The van der Waals surface area contributed by atoms with Crippen LogP contribution in [0.4, 0.5) is 29.3 Å². The lowest BCUT2D eigenvalue weighted by Crippen LogP contribution is -2.50. The zero-order chi connectivity index (χ0) is 61.6. The smallest absolute Gasteiger partial charge is 0.417 e. The average Bonchev–Trinajstić information content (AvgIpc) is 2.03. The second kappa shape index (κ2) is 26.5. The summed E-state index contributed by atoms with van der Waals surface area (Å²) >= 11 is 1.53. The van der Waals surface area contributed by atoms with Crippen LogP contribution in [-0.2, 0) is 34.9 Å². The number of rotatable bonds is 24. The molecule has 2 fully saturated rings. The Bertz CT molecular complexity index is 3110. The van der Waals surface area contributed by atoms with Crippen LogP contribution in [0.15, 0.2) is 78.8 Å². The van der Waals surface area contributed by atoms with Gasteiger partial charge in [0.2, 0.25) is 17.7 Å². The number of thiazole rings is 1. The van der Waals surface area contributed by atoms with Crippen LogP contribution in [0.2, 0.25) is 0 Å². The third kappa shape index (κ3) is 15.1. The lowest BCUT2D eigenvalue weighted by atomic mass is 9.76. The Morgan fingerprint density at radius 1 is 0.940 bits per heavy atom. The van der Waals surface area contributed by atoms with Crippen molar-refractivity contribution in [3.05, 3.63) is 101 Å². The molecule has 83 heavy (non-hydrogen) atoms. The maximum absolute atomic E-state index is 14.4. The van der Waals surface area contributed by atoms with Crippen molar-refractivity contribution >= 4 is 69.6 Å². The highest BCUT2D eigenvalue weighted by atomic mass is 32.1. The number of β-amino-alcohol motifs (C(OH)–C–C–N with tert-alkyl or cyclic N) is 1. The number of imide groups is 1. The second-order valence-corrected chi connectivity index (χ2v) is 24.8. The standard InChI is InChI=1S/C62H77F3N8O9S/c1-36(2)48(56(78)70(13)27-28-82-47-24-22-43(23-25-47)73-59(81)72(58(80)61(73,10)11)44-21-20-42(33-66)49(29-44)62(63,64)65)32-52(76)53(37(3)4)69(12)26-14-15-45(74)30-50(60(7,8)9)57(79)71-34-46(75)31-51(71)55(77)68-38(5)40-16-18-41(19-17-40)54-39(6)67-35-83-54/h16-25,29,35-37,46,48,50-51,53,75H,5,14-15,26-28,30-32,34H2,1-4,6-13H3,(H,68,77)/t46-,48?,50-,51+,53+/m1/s1. The van der Waals surface area contributed by atoms with E-state index >= 15 is 0 Å². The molecule has 0 radical (unpaired) electrons. The highest BCUT2D eigenvalue weighted by molar-refractivity contribution is 7.13. The topological polar surface area (TPSA) is 214 Å². The van der Waals surface area contributed by atoms with Gasteiger partial charge in [-0.05, 0) is 112 Å². The molecule has 4 aromatic rings. The number of ether oxygens (including phenoxy) is 1. The number of likely N-dealkylation sites (tertiary alicyclic amines) is 1. The molecule has 2 aliphatic rings. The number of urea groups is 1. The average molecular weight is 1170 g/mol. The molecule has 3 aromatic carbocycles. The number of aliphatic hydroxyl groups is 1. The first-order valence-corrected chi connectivity index (χ1v) is 28.7. The molecule has 6 rings (SSSR count). The summed E-state index contributed by atoms with van der Waals surface area (Å²) < 4.78 is 47.3. The van der Waals surface area contributed by atoms with Crippen molar-refractivity contribution in [3.8, 4) is 22.3 Å². The lowest BCUT2D eigenvalue weighted by molar-refractivity contribution is -0.146. The number of aromatic nitrogens is 1. The fourth-order valence-electron chi connectivity index (χ4n) is 10.9. The number of nitrogens with one attached hydrogen (secondary N) is 1. The highest BCUT2D eigenvalue weighted by Gasteiger charge is 2.53. The molecular formula is C62H77F3N8O9S. The van der Waals surface area contributed by atoms with Gasteiger partial charge in [0.15, 0.2) is 5.78 Å². The van der Waals surface area contributed by atoms with Crippen LogP contribution < -0.4 is 19.9 Å². The van der Waals surface area contributed by atoms with E-state index in [-0.39, 0.29) is 86.1 Å². The van der Waals surface area contributed by atoms with E-state index in [1.54, 1.807) is 24.7 Å². The minimum absolute atomic E-state index is 0.0238. The van der Waals surface area contributed by atoms with Gasteiger partial charge in [-0.2, -0.15) is 18.4 Å². The van der Waals surface area contributed by atoms with E-state index in [0.717, 1.165) is 33.2 Å². The molecule has 17 nitrogen and oxygen atoms in total. The van der Waals surface area contributed by atoms with E-state index in [9.17, 15) is 57.1 Å². The molecule has 0 saturated carbocycles. The normalized spacial score (nSPS) is 17.4. The van der Waals surface area contributed by atoms with Crippen LogP contribution in [0.3, 0.4) is 0 Å². The number of nitriles is 1. The van der Waals surface area contributed by atoms with Crippen LogP contribution in [0.25, 0.3) is 16.1 Å². The predicted molar refractivity (Wildman–Crippen MR) is 312 cm³/mol. The molecule has 3 heterocycles. The van der Waals surface area contributed by atoms with Crippen molar-refractivity contribution in [2.75, 3.05) is 50.1 Å². The number of aliphatic hydroxyl groups excluding tert-OH is 1. The minimum Gasteiger partial charge on any atom is -0.492 e. The zero-order valence-corrected chi connectivity index (χ0v) is 50.2. The molecule has 0 bridgehead atoms. The Morgan fingerprint density at radius 3 is 2.14 bits per heavy atom. The van der Waals surface area contributed by atoms with Gasteiger partial charge in [-0.25, -0.2) is 14.7 Å². The number of ketones is 2. The van der Waals surface area contributed by atoms with Gasteiger partial charge in [0.05, 0.1) is 57.7 Å². The predicted octanol–water partition coefficient (Wildman–Crippen LogP) is 9.94. The summed E-state index contributed by atoms with van der Waals surface area (Å²) in [5.74, 6) is -3.56. The van der Waals surface area contributed by atoms with Crippen molar-refractivity contribution in [3.63, 3.8) is 0 Å². The first-order chi connectivity index (χ1) is 38.8. The molecule has 0 spiro atoms. The van der Waals surface area contributed by atoms with Crippen molar-refractivity contribution in [2.45, 2.75) is 131 Å². The number of hydrogen-bond acceptors (Lipinski definition) is 13. The number of anilines is 2. The van der Waals surface area contributed by atoms with Gasteiger partial charge in [0.25, 0.3) is 5.91 Å². The highest BCUT2D eigenvalue weighted by Crippen LogP contribution is 2.41. The Balaban J connectivity index is 0.990. The summed E-state index contributed by atoms with van der Waals surface area (Å²) in [6.07, 6.45) is -5.37. The lowest BCUT2D eigenvalue weighted by Gasteiger charge is -2.35. The van der Waals surface area contributed by atoms with Gasteiger partial charge in [-0.3, -0.25) is 38.6 Å². The number of alkyl halides is 3. The Morgan fingerprint density at radius 2 is 1.58 bits per heavy atom. The van der Waals surface area contributed by atoms with E-state index in [4.69, 9.17) is 4.74 Å². The summed E-state index contributed by atoms with van der Waals surface area (Å²) in [5.41, 5.74) is 0.568. The van der Waals surface area contributed by atoms with Crippen LogP contribution in [-0.4, -0.2) is 130 Å². The Hall–Kier alpha value is -7.28. The van der Waals surface area contributed by atoms with E-state index in [0.29, 0.717) is 40.9 Å². The first-order valence-electron chi connectivity index (χ1n) is 27.8. The maximum Gasteiger partial charge on any atom is 0.417 e. The number of aryl methyl sites for hydroxylation is 1. The number of nitrogens with zero attached hydrogens (tertiary/aromatic N) is 7. The molecule has 6 amide bonds. The molecule has 1 aromatic heterocycles. The largest absolute Gasteiger partial charge is 0.492 e. The number of carbonyl (C=O) groups excluding carboxylic acids is 7. The molecule has 5 atom stereocenters. The van der Waals surface area contributed by atoms with Crippen molar-refractivity contribution < 1.29 is 56.6 Å². The minimum atomic E-state index is -4.90. The van der Waals surface area contributed by atoms with Crippen molar-refractivity contribution in [1.82, 2.24) is 25.0 Å². The van der Waals surface area contributed by atoms with Crippen molar-refractivity contribution in [1.29, 1.82) is 5.26 Å². The van der Waals surface area contributed by atoms with Gasteiger partial charge in [-0.15, -0.1) is 11.3 Å². The number of hydrogen-bond donors (Lipinski definition) is 2. The quantitative estimate of drug-likeness (QED) is 0.0628. The molecule has 1 unspecified atom stereocenters. The third-order valence-corrected chi connectivity index (χ3v) is 16.6. The zero-order valence-electron chi connectivity index (χ0n) is 49.4. The number of carbonyl (C=O) groups is 7. The molecule has 2 aliphatic heterocycles. The molecule has 21 heteroatoms. The fraction of sp³-hybridized carbons (Fsp3) is 0.500. The summed E-state index contributed by atoms with van der Waals surface area (Å²) in [4.78, 5) is 109. The van der Waals surface area contributed by atoms with Crippen LogP contribution in [0.1, 0.15) is 117 Å². The van der Waals surface area contributed by atoms with Crippen LogP contribution in [0.5, 0.6) is 5.75 Å². The molecular weight excluding hydrogens is 1090 g/mol. The number of Topliss-reactive ketones (excluding diaryl/α,β-unsaturated/α-hetero) is 2. The SMILES string of the molecule is C=C(NC(=O)[C@@H]1C[C@@H](O)CN1C(=O)[C@@H](CC(=O)CCCN(C)[C@H](C(=O)CC(C(=O)N(C)CCOc1ccc(N2C(=O)N(c3ccc(C#N)c(C(F)(F)F)c3)C(=O)C2(C)C)cc1)C(C)C)C(C)C)C(C)(C)C)c1ccc(-c2scnc2C)cc1. The Kier molecular flexibility index (Phi) is 20.7. The number of benzene rings is 3. The van der Waals surface area contributed by atoms with Crippen LogP contribution in [0, 0.1) is 47.3 Å². The van der Waals surface area contributed by atoms with Crippen molar-refractivity contribution in [2.24, 2.45) is 29.1 Å². The van der Waals surface area contributed by atoms with Gasteiger partial charge in [0.1, 0.15) is 29.7 Å². The molecule has 2 saturated heterocycles. The van der Waals surface area contributed by atoms with E-state index < -0.39 is 82.0 Å². The third-order valence-electron chi connectivity index (χ3n) is 15.6. The van der Waals surface area contributed by atoms with Gasteiger partial charge in [0, 0.05) is 62.5 Å². The summed E-state index contributed by atoms with van der Waals surface area (Å²) in [5, 5.41) is 22.8. The summed E-state index contributed by atoms with van der Waals surface area (Å²) in [6.45, 7) is 22.7. The number of likely N-dealkylation sites (N-methyl/N-ethyl adjacent to an activating group) is 2. The summed E-state index contributed by atoms with van der Waals surface area (Å²) in [7, 11) is 3.44. The molecule has 2 N–H and O–H groups in total. The summed E-state index contributed by atoms with van der Waals surface area (Å²) in [6, 6.07) is 15.4. The van der Waals surface area contributed by atoms with Gasteiger partial charge < -0.3 is 25.0 Å². The molecule has 0 aliphatic carbocycles. The van der Waals surface area contributed by atoms with Crippen LogP contribution >= 0.6 is 11.3 Å². The fourth-order valence-corrected chi connectivity index (χ4v) is 11.7. The monoisotopic (exact) mass is 1170 g/mol. The number of halogens is 3. The molecule has 446 valence electrons. The van der Waals surface area contributed by atoms with E-state index in [1.165, 1.54) is 53.2 Å². The second-order valence-electron chi connectivity index (χ2n) is 23.9. The maximum atomic E-state index is 14.4. The van der Waals surface area contributed by atoms with Gasteiger partial charge in [-0.1, -0.05) is 79.3 Å². The van der Waals surface area contributed by atoms with E-state index in [2.05, 4.69) is 16.9 Å². The number of amides is 6. The first kappa shape index (κ1) is 64.9.